The molecule has 53 heavy (non-hydrogen) atoms. The molecule has 1 aromatic carbocycles. The van der Waals surface area contributed by atoms with E-state index in [0.717, 1.165) is 6.42 Å². The number of ether oxygens (including phenoxy) is 1. The van der Waals surface area contributed by atoms with Crippen molar-refractivity contribution in [1.82, 2.24) is 20.4 Å². The maximum absolute atomic E-state index is 14.0. The van der Waals surface area contributed by atoms with E-state index in [2.05, 4.69) is 24.5 Å². The van der Waals surface area contributed by atoms with E-state index in [9.17, 15) is 33.6 Å². The van der Waals surface area contributed by atoms with Gasteiger partial charge in [0, 0.05) is 45.8 Å². The number of likely N-dealkylation sites (N-methyl/N-ethyl adjacent to an activating group) is 1. The van der Waals surface area contributed by atoms with E-state index < -0.39 is 53.0 Å². The Morgan fingerprint density at radius 2 is 1.53 bits per heavy atom. The number of nitrogens with zero attached hydrogens (tertiary/aromatic N) is 2. The molecule has 0 bridgehead atoms. The summed E-state index contributed by atoms with van der Waals surface area (Å²) in [4.78, 5) is 95.7. The van der Waals surface area contributed by atoms with Crippen LogP contribution in [-0.4, -0.2) is 89.8 Å². The first-order chi connectivity index (χ1) is 24.8. The predicted molar refractivity (Wildman–Crippen MR) is 204 cm³/mol. The summed E-state index contributed by atoms with van der Waals surface area (Å²) < 4.78 is 5.48. The summed E-state index contributed by atoms with van der Waals surface area (Å²) in [7, 11) is 3.16. The van der Waals surface area contributed by atoms with Crippen molar-refractivity contribution in [1.29, 1.82) is 0 Å². The van der Waals surface area contributed by atoms with Gasteiger partial charge in [-0.3, -0.25) is 28.8 Å². The van der Waals surface area contributed by atoms with E-state index in [0.29, 0.717) is 24.9 Å². The van der Waals surface area contributed by atoms with Crippen LogP contribution in [-0.2, 0) is 33.5 Å². The van der Waals surface area contributed by atoms with Crippen LogP contribution in [0.5, 0.6) is 0 Å². The lowest BCUT2D eigenvalue weighted by Gasteiger charge is -2.36. The molecule has 7 atom stereocenters. The summed E-state index contributed by atoms with van der Waals surface area (Å²) in [6.45, 7) is 17.6. The zero-order valence-electron chi connectivity index (χ0n) is 33.8. The van der Waals surface area contributed by atoms with Crippen LogP contribution >= 0.6 is 0 Å². The van der Waals surface area contributed by atoms with Crippen LogP contribution in [0, 0.1) is 29.1 Å². The number of amides is 4. The molecule has 1 saturated heterocycles. The molecule has 2 N–H and O–H groups in total. The Balaban J connectivity index is 0.00000313. The highest BCUT2D eigenvalue weighted by molar-refractivity contribution is 6.38. The number of Topliss-reactive ketones (excluding diaryl/α,β-unsaturated/α-hetero) is 3. The second-order valence-electron chi connectivity index (χ2n) is 16.2. The Labute approximate surface area is 316 Å². The number of carbonyl (C=O) groups is 7. The second kappa shape index (κ2) is 20.4. The fourth-order valence-electron chi connectivity index (χ4n) is 6.42. The number of likely N-dealkylation sites (tertiary alicyclic amines) is 1. The van der Waals surface area contributed by atoms with Gasteiger partial charge in [0.25, 0.3) is 0 Å². The Morgan fingerprint density at radius 1 is 0.925 bits per heavy atom. The van der Waals surface area contributed by atoms with Gasteiger partial charge in [-0.15, -0.1) is 0 Å². The number of carbonyl (C=O) groups excluding carboxylic acids is 7. The van der Waals surface area contributed by atoms with Crippen LogP contribution in [0.2, 0.25) is 0 Å². The zero-order valence-corrected chi connectivity index (χ0v) is 33.8. The average Bonchev–Trinajstić information content (AvgIpc) is 3.75. The van der Waals surface area contributed by atoms with Gasteiger partial charge in [-0.05, 0) is 48.5 Å². The minimum atomic E-state index is -0.947. The smallest absolute Gasteiger partial charge is 0.408 e. The summed E-state index contributed by atoms with van der Waals surface area (Å²) in [5, 5.41) is 5.43. The molecule has 3 rings (SSSR count). The minimum Gasteiger partial charge on any atom is -0.446 e. The average molecular weight is 741 g/mol. The van der Waals surface area contributed by atoms with Crippen molar-refractivity contribution < 1.29 is 38.3 Å². The highest BCUT2D eigenvalue weighted by Gasteiger charge is 2.58. The van der Waals surface area contributed by atoms with Crippen molar-refractivity contribution in [3.05, 3.63) is 35.9 Å². The minimum absolute atomic E-state index is 0.0285. The number of piperidine rings is 1. The maximum Gasteiger partial charge on any atom is 0.408 e. The molecule has 12 heteroatoms. The molecular weight excluding hydrogens is 676 g/mol. The second-order valence-corrected chi connectivity index (χ2v) is 16.2. The Kier molecular flexibility index (Phi) is 17.3. The van der Waals surface area contributed by atoms with Crippen LogP contribution in [0.15, 0.2) is 30.3 Å². The number of rotatable bonds is 17. The number of hydrogen-bond acceptors (Lipinski definition) is 8. The fourth-order valence-corrected chi connectivity index (χ4v) is 6.42. The topological polar surface area (TPSA) is 159 Å². The molecule has 296 valence electrons. The Bertz CT molecular complexity index is 1440. The van der Waals surface area contributed by atoms with Crippen molar-refractivity contribution in [3.63, 3.8) is 0 Å². The van der Waals surface area contributed by atoms with Crippen LogP contribution in [0.4, 0.5) is 4.79 Å². The summed E-state index contributed by atoms with van der Waals surface area (Å²) in [6, 6.07) is 6.10. The normalized spacial score (nSPS) is 19.7. The van der Waals surface area contributed by atoms with Crippen molar-refractivity contribution in [2.75, 3.05) is 20.6 Å². The van der Waals surface area contributed by atoms with Gasteiger partial charge in [0.15, 0.2) is 11.6 Å². The molecule has 1 aliphatic carbocycles. The van der Waals surface area contributed by atoms with Crippen LogP contribution in [0.25, 0.3) is 0 Å². The van der Waals surface area contributed by atoms with Crippen LogP contribution < -0.4 is 10.6 Å². The van der Waals surface area contributed by atoms with E-state index in [1.54, 1.807) is 56.3 Å². The van der Waals surface area contributed by atoms with E-state index in [1.807, 2.05) is 41.5 Å². The third-order valence-corrected chi connectivity index (χ3v) is 9.81. The van der Waals surface area contributed by atoms with Gasteiger partial charge in [-0.25, -0.2) is 4.79 Å². The molecular formula is C41H64N4O8. The lowest BCUT2D eigenvalue weighted by molar-refractivity contribution is -0.144. The summed E-state index contributed by atoms with van der Waals surface area (Å²) in [5.41, 5.74) is -0.0937. The van der Waals surface area contributed by atoms with Crippen molar-refractivity contribution in [2.45, 2.75) is 131 Å². The predicted octanol–water partition coefficient (Wildman–Crippen LogP) is 5.67. The maximum atomic E-state index is 14.0. The monoisotopic (exact) mass is 740 g/mol. The van der Waals surface area contributed by atoms with E-state index >= 15 is 0 Å². The van der Waals surface area contributed by atoms with Crippen molar-refractivity contribution in [3.8, 4) is 0 Å². The Morgan fingerprint density at radius 3 is 2.06 bits per heavy atom. The largest absolute Gasteiger partial charge is 0.446 e. The van der Waals surface area contributed by atoms with Gasteiger partial charge in [0.1, 0.15) is 18.2 Å². The van der Waals surface area contributed by atoms with Gasteiger partial charge in [0.2, 0.25) is 23.5 Å². The molecule has 1 aliphatic heterocycles. The molecule has 2 fully saturated rings. The Hall–Kier alpha value is -4.09. The SMILES string of the molecule is CCC.CCCC(CC(=O)[C@@H]1[C@H]2C[C@H]2CN1C(=O)[C@@H](NC(=O)O[C@H](C)C(C)C)C(C)(C)C)C(=O)C(=O)CCC(=O)N[C@H](C(=O)N(C)C)c1ccccc1. The molecule has 1 unspecified atom stereocenters. The number of benzene rings is 1. The highest BCUT2D eigenvalue weighted by Crippen LogP contribution is 2.50. The summed E-state index contributed by atoms with van der Waals surface area (Å²) >= 11 is 0. The summed E-state index contributed by atoms with van der Waals surface area (Å²) in [5.74, 6) is -3.66. The molecule has 1 saturated carbocycles. The summed E-state index contributed by atoms with van der Waals surface area (Å²) in [6.07, 6.45) is 0.983. The van der Waals surface area contributed by atoms with Gasteiger partial charge in [0.05, 0.1) is 6.04 Å². The number of ketones is 3. The third kappa shape index (κ3) is 13.1. The lowest BCUT2D eigenvalue weighted by atomic mass is 9.84. The first kappa shape index (κ1) is 45.1. The van der Waals surface area contributed by atoms with Gasteiger partial charge >= 0.3 is 6.09 Å². The first-order valence-corrected chi connectivity index (χ1v) is 19.2. The van der Waals surface area contributed by atoms with E-state index in [4.69, 9.17) is 4.74 Å². The van der Waals surface area contributed by atoms with Gasteiger partial charge in [-0.1, -0.05) is 98.6 Å². The van der Waals surface area contributed by atoms with E-state index in [-0.39, 0.29) is 60.7 Å². The molecule has 1 aromatic rings. The zero-order chi connectivity index (χ0) is 40.2. The molecule has 12 nitrogen and oxygen atoms in total. The molecule has 0 radical (unpaired) electrons. The number of hydrogen-bond donors (Lipinski definition) is 2. The number of alkyl carbamates (subject to hydrolysis) is 1. The van der Waals surface area contributed by atoms with Gasteiger partial charge < -0.3 is 25.2 Å². The lowest BCUT2D eigenvalue weighted by Crippen LogP contribution is -2.58. The van der Waals surface area contributed by atoms with Gasteiger partial charge in [-0.2, -0.15) is 0 Å². The molecule has 0 aromatic heterocycles. The van der Waals surface area contributed by atoms with Crippen molar-refractivity contribution >= 4 is 41.2 Å². The quantitative estimate of drug-likeness (QED) is 0.193. The van der Waals surface area contributed by atoms with Crippen LogP contribution in [0.3, 0.4) is 0 Å². The third-order valence-electron chi connectivity index (χ3n) is 9.81. The molecule has 0 spiro atoms. The van der Waals surface area contributed by atoms with E-state index in [1.165, 1.54) is 11.3 Å². The first-order valence-electron chi connectivity index (χ1n) is 19.2. The highest BCUT2D eigenvalue weighted by atomic mass is 16.6. The molecule has 1 heterocycles. The number of fused-ring (bicyclic) bond motifs is 1. The standard InChI is InChI=1S/C38H56N4O8.C3H8/c1-10-14-25(33(46)28(43)17-18-30(45)39-31(35(47)41(8)9)24-15-12-11-13-16-24)20-29(44)32-27-19-26(27)21-42(32)36(48)34(38(5,6)7)40-37(49)50-23(4)22(2)3;1-3-2/h11-13,15-16,22-23,25-27,31-32,34H,10,14,17-21H2,1-9H3,(H,39,45)(H,40,49);3H2,1-2H3/t23-,25?,26+,27+,31+,32+,34-;/m1./s1. The molecule has 2 aliphatic rings. The van der Waals surface area contributed by atoms with Crippen molar-refractivity contribution in [2.24, 2.45) is 29.1 Å². The fraction of sp³-hybridized carbons (Fsp3) is 0.683. The molecule has 4 amide bonds. The van der Waals surface area contributed by atoms with Crippen LogP contribution in [0.1, 0.15) is 119 Å². The number of nitrogens with one attached hydrogen (secondary N) is 2.